The molecule has 0 saturated carbocycles. The largest absolute Gasteiger partial charge is 0.421 e. The first-order valence-electron chi connectivity index (χ1n) is 11.9. The zero-order valence-electron chi connectivity index (χ0n) is 22.0. The fourth-order valence-corrected chi connectivity index (χ4v) is 4.96. The molecular formula is C25H28BrN5O6Si. The van der Waals surface area contributed by atoms with E-state index in [1.807, 2.05) is 6.92 Å². The lowest BCUT2D eigenvalue weighted by Gasteiger charge is -2.25. The molecule has 1 aromatic carbocycles. The number of carbonyl (C=O) groups is 1. The molecule has 0 aliphatic heterocycles. The Morgan fingerprint density at radius 3 is 2.53 bits per heavy atom. The fraction of sp³-hybridized carbons (Fsp3) is 0.400. The molecule has 1 atom stereocenters. The van der Waals surface area contributed by atoms with E-state index in [1.165, 1.54) is 22.2 Å². The average molecular weight is 603 g/mol. The van der Waals surface area contributed by atoms with Crippen LogP contribution >= 0.6 is 15.9 Å². The van der Waals surface area contributed by atoms with Gasteiger partial charge in [0.15, 0.2) is 27.3 Å². The van der Waals surface area contributed by atoms with Crippen LogP contribution in [0.2, 0.25) is 19.6 Å². The number of Topliss-reactive ketones (excluding diaryl/α,β-unsaturated/α-hetero) is 1. The van der Waals surface area contributed by atoms with Gasteiger partial charge in [-0.05, 0) is 41.9 Å². The smallest absolute Gasteiger partial charge is 0.408 e. The lowest BCUT2D eigenvalue weighted by Crippen LogP contribution is -2.41. The van der Waals surface area contributed by atoms with Crippen molar-refractivity contribution in [1.82, 2.24) is 23.3 Å². The molecule has 0 spiro atoms. The summed E-state index contributed by atoms with van der Waals surface area (Å²) in [5, 5.41) is 0. The molecule has 11 nitrogen and oxygen atoms in total. The second-order valence-electron chi connectivity index (χ2n) is 9.97. The van der Waals surface area contributed by atoms with E-state index < -0.39 is 37.4 Å². The minimum atomic E-state index is -1.65. The van der Waals surface area contributed by atoms with Gasteiger partial charge in [0.1, 0.15) is 12.2 Å². The number of oxazole rings is 1. The number of para-hydroxylation sites is 1. The molecule has 0 aliphatic rings. The Morgan fingerprint density at radius 1 is 1.16 bits per heavy atom. The molecule has 4 rings (SSSR count). The van der Waals surface area contributed by atoms with E-state index in [-0.39, 0.29) is 46.8 Å². The summed E-state index contributed by atoms with van der Waals surface area (Å²) in [7, 11) is -0.169. The quantitative estimate of drug-likeness (QED) is 0.132. The molecule has 3 aromatic heterocycles. The summed E-state index contributed by atoms with van der Waals surface area (Å²) in [5.41, 5.74) is -0.511. The van der Waals surface area contributed by atoms with Gasteiger partial charge in [0.25, 0.3) is 5.56 Å². The first kappa shape index (κ1) is 27.6. The molecule has 0 aliphatic carbocycles. The number of carbonyl (C=O) groups excluding carboxylic acids is 1. The minimum absolute atomic E-state index is 0.0582. The van der Waals surface area contributed by atoms with E-state index in [4.69, 9.17) is 9.15 Å². The summed E-state index contributed by atoms with van der Waals surface area (Å²) in [6.07, 6.45) is 0. The Hall–Kier alpha value is -3.47. The fourth-order valence-electron chi connectivity index (χ4n) is 3.92. The molecule has 4 aromatic rings. The van der Waals surface area contributed by atoms with Gasteiger partial charge in [0, 0.05) is 18.3 Å². The maximum absolute atomic E-state index is 13.5. The highest BCUT2D eigenvalue weighted by Gasteiger charge is 2.26. The SMILES string of the molecule is CC#CCn1c(Br)nc2c1c(=O)n(CC(=O)c1cccc3oc(=O)n(COC(C)[Si](C)(C)C)c13)c(=O)n2C. The third-order valence-electron chi connectivity index (χ3n) is 6.56. The van der Waals surface area contributed by atoms with E-state index >= 15 is 0 Å². The van der Waals surface area contributed by atoms with Crippen molar-refractivity contribution in [3.63, 3.8) is 0 Å². The van der Waals surface area contributed by atoms with Crippen LogP contribution < -0.4 is 17.0 Å². The Kier molecular flexibility index (Phi) is 7.51. The lowest BCUT2D eigenvalue weighted by atomic mass is 10.1. The molecule has 13 heteroatoms. The summed E-state index contributed by atoms with van der Waals surface area (Å²) in [5.74, 6) is 4.44. The van der Waals surface area contributed by atoms with Crippen molar-refractivity contribution >= 4 is 52.1 Å². The maximum atomic E-state index is 13.5. The van der Waals surface area contributed by atoms with E-state index in [0.29, 0.717) is 4.73 Å². The highest BCUT2D eigenvalue weighted by molar-refractivity contribution is 9.10. The normalized spacial score (nSPS) is 12.6. The van der Waals surface area contributed by atoms with Gasteiger partial charge in [-0.3, -0.25) is 18.7 Å². The number of hydrogen-bond acceptors (Lipinski definition) is 7. The molecular weight excluding hydrogens is 574 g/mol. The topological polar surface area (TPSA) is 123 Å². The van der Waals surface area contributed by atoms with Crippen LogP contribution in [-0.4, -0.2) is 42.8 Å². The van der Waals surface area contributed by atoms with Crippen LogP contribution in [0.4, 0.5) is 0 Å². The number of hydrogen-bond donors (Lipinski definition) is 0. The number of nitrogens with zero attached hydrogens (tertiary/aromatic N) is 5. The van der Waals surface area contributed by atoms with Crippen LogP contribution in [0.15, 0.2) is 41.7 Å². The van der Waals surface area contributed by atoms with Crippen molar-refractivity contribution in [2.45, 2.75) is 59.0 Å². The van der Waals surface area contributed by atoms with Gasteiger partial charge < -0.3 is 13.7 Å². The van der Waals surface area contributed by atoms with Crippen molar-refractivity contribution in [2.24, 2.45) is 7.05 Å². The number of benzene rings is 1. The van der Waals surface area contributed by atoms with Gasteiger partial charge in [-0.1, -0.05) is 31.6 Å². The molecule has 0 fully saturated rings. The van der Waals surface area contributed by atoms with Crippen LogP contribution in [0.3, 0.4) is 0 Å². The van der Waals surface area contributed by atoms with Gasteiger partial charge in [-0.25, -0.2) is 19.1 Å². The summed E-state index contributed by atoms with van der Waals surface area (Å²) in [6.45, 7) is 9.61. The average Bonchev–Trinajstić information content (AvgIpc) is 3.37. The third-order valence-corrected chi connectivity index (χ3v) is 9.77. The highest BCUT2D eigenvalue weighted by Crippen LogP contribution is 2.21. The molecule has 200 valence electrons. The number of aromatic nitrogens is 5. The van der Waals surface area contributed by atoms with E-state index in [2.05, 4.69) is 52.4 Å². The Balaban J connectivity index is 1.80. The molecule has 0 saturated heterocycles. The monoisotopic (exact) mass is 601 g/mol. The molecule has 0 N–H and O–H groups in total. The number of rotatable bonds is 8. The Morgan fingerprint density at radius 2 is 1.87 bits per heavy atom. The van der Waals surface area contributed by atoms with Gasteiger partial charge in [0.05, 0.1) is 21.2 Å². The zero-order chi connectivity index (χ0) is 27.9. The summed E-state index contributed by atoms with van der Waals surface area (Å²) < 4.78 is 16.5. The summed E-state index contributed by atoms with van der Waals surface area (Å²) in [6, 6.07) is 4.69. The van der Waals surface area contributed by atoms with Crippen LogP contribution in [0.25, 0.3) is 22.3 Å². The van der Waals surface area contributed by atoms with Crippen molar-refractivity contribution in [3.8, 4) is 11.8 Å². The molecule has 1 unspecified atom stereocenters. The number of halogens is 1. The van der Waals surface area contributed by atoms with E-state index in [0.717, 1.165) is 4.57 Å². The highest BCUT2D eigenvalue weighted by atomic mass is 79.9. The van der Waals surface area contributed by atoms with Crippen molar-refractivity contribution < 1.29 is 13.9 Å². The number of ether oxygens (including phenoxy) is 1. The van der Waals surface area contributed by atoms with Crippen LogP contribution in [0.1, 0.15) is 24.2 Å². The predicted octanol–water partition coefficient (Wildman–Crippen LogP) is 2.71. The summed E-state index contributed by atoms with van der Waals surface area (Å²) in [4.78, 5) is 57.0. The number of imidazole rings is 1. The van der Waals surface area contributed by atoms with Gasteiger partial charge in [0.2, 0.25) is 0 Å². The number of ketones is 1. The Bertz CT molecular complexity index is 1810. The van der Waals surface area contributed by atoms with E-state index in [1.54, 1.807) is 23.6 Å². The van der Waals surface area contributed by atoms with Crippen LogP contribution in [0.5, 0.6) is 0 Å². The molecule has 0 radical (unpaired) electrons. The molecule has 0 bridgehead atoms. The van der Waals surface area contributed by atoms with Gasteiger partial charge >= 0.3 is 11.4 Å². The second kappa shape index (κ2) is 10.4. The van der Waals surface area contributed by atoms with Crippen LogP contribution in [-0.2, 0) is 31.6 Å². The van der Waals surface area contributed by atoms with Crippen molar-refractivity contribution in [3.05, 3.63) is 59.9 Å². The molecule has 0 amide bonds. The predicted molar refractivity (Wildman–Crippen MR) is 149 cm³/mol. The first-order chi connectivity index (χ1) is 17.9. The zero-order valence-corrected chi connectivity index (χ0v) is 24.6. The third kappa shape index (κ3) is 4.86. The number of aryl methyl sites for hydroxylation is 1. The van der Waals surface area contributed by atoms with Crippen LogP contribution in [0, 0.1) is 11.8 Å². The first-order valence-corrected chi connectivity index (χ1v) is 16.3. The molecule has 3 heterocycles. The lowest BCUT2D eigenvalue weighted by molar-refractivity contribution is 0.0548. The van der Waals surface area contributed by atoms with Crippen molar-refractivity contribution in [1.29, 1.82) is 0 Å². The van der Waals surface area contributed by atoms with Gasteiger partial charge in [-0.2, -0.15) is 0 Å². The van der Waals surface area contributed by atoms with E-state index in [9.17, 15) is 19.2 Å². The standard InChI is InChI=1S/C25H28BrN5O6Si/c1-7-8-12-29-20-21(27-23(29)26)28(3)24(34)30(22(20)33)13-17(32)16-10-9-11-18-19(16)31(25(35)37-18)14-36-15(2)38(4,5)6/h9-11,15H,12-14H2,1-6H3. The van der Waals surface area contributed by atoms with Crippen molar-refractivity contribution in [2.75, 3.05) is 0 Å². The maximum Gasteiger partial charge on any atom is 0.421 e. The Labute approximate surface area is 226 Å². The minimum Gasteiger partial charge on any atom is -0.408 e. The molecule has 38 heavy (non-hydrogen) atoms. The van der Waals surface area contributed by atoms with Gasteiger partial charge in [-0.15, -0.1) is 5.92 Å². The summed E-state index contributed by atoms with van der Waals surface area (Å²) >= 11 is 3.32. The number of fused-ring (bicyclic) bond motifs is 2. The second-order valence-corrected chi connectivity index (χ2v) is 16.2.